The Bertz CT molecular complexity index is 420. The summed E-state index contributed by atoms with van der Waals surface area (Å²) in [5, 5.41) is 8.14. The molecule has 3 N–H and O–H groups in total. The first-order valence-corrected chi connectivity index (χ1v) is 7.03. The highest BCUT2D eigenvalue weighted by molar-refractivity contribution is 5.65. The topological polar surface area (TPSA) is 55.9 Å². The van der Waals surface area contributed by atoms with E-state index in [-0.39, 0.29) is 0 Å². The van der Waals surface area contributed by atoms with Crippen LogP contribution in [0.4, 0.5) is 11.5 Å². The van der Waals surface area contributed by atoms with Crippen molar-refractivity contribution in [1.82, 2.24) is 9.78 Å². The first kappa shape index (κ1) is 13.2. The summed E-state index contributed by atoms with van der Waals surface area (Å²) < 4.78 is 1.90. The molecule has 1 heterocycles. The van der Waals surface area contributed by atoms with Crippen LogP contribution in [-0.4, -0.2) is 15.8 Å². The maximum absolute atomic E-state index is 6.21. The highest BCUT2D eigenvalue weighted by Crippen LogP contribution is 2.40. The molecule has 1 aromatic heterocycles. The minimum Gasteiger partial charge on any atom is -0.394 e. The Morgan fingerprint density at radius 2 is 2.22 bits per heavy atom. The molecular formula is C14H26N4. The number of aromatic nitrogens is 2. The molecule has 4 nitrogen and oxygen atoms in total. The molecule has 0 bridgehead atoms. The number of aryl methyl sites for hydroxylation is 2. The van der Waals surface area contributed by atoms with E-state index in [9.17, 15) is 0 Å². The third-order valence-electron chi connectivity index (χ3n) is 4.22. The molecule has 102 valence electrons. The molecule has 0 aliphatic heterocycles. The van der Waals surface area contributed by atoms with Gasteiger partial charge in [-0.05, 0) is 24.7 Å². The van der Waals surface area contributed by atoms with Gasteiger partial charge < -0.3 is 11.1 Å². The van der Waals surface area contributed by atoms with Gasteiger partial charge in [-0.1, -0.05) is 33.6 Å². The number of rotatable bonds is 4. The third-order valence-corrected chi connectivity index (χ3v) is 4.22. The average Bonchev–Trinajstić information content (AvgIpc) is 2.75. The van der Waals surface area contributed by atoms with Crippen molar-refractivity contribution in [2.75, 3.05) is 11.1 Å². The van der Waals surface area contributed by atoms with Gasteiger partial charge in [0.15, 0.2) is 0 Å². The third kappa shape index (κ3) is 2.33. The normalized spacial score (nSPS) is 22.3. The van der Waals surface area contributed by atoms with E-state index in [1.165, 1.54) is 19.3 Å². The molecule has 0 aromatic carbocycles. The second kappa shape index (κ2) is 4.82. The monoisotopic (exact) mass is 250 g/mol. The van der Waals surface area contributed by atoms with Crippen molar-refractivity contribution >= 4 is 11.5 Å². The molecule has 18 heavy (non-hydrogen) atoms. The molecule has 0 spiro atoms. The van der Waals surface area contributed by atoms with Crippen LogP contribution in [0, 0.1) is 5.41 Å². The fourth-order valence-corrected chi connectivity index (χ4v) is 2.95. The van der Waals surface area contributed by atoms with Crippen molar-refractivity contribution in [3.05, 3.63) is 5.69 Å². The number of nitrogens with zero attached hydrogens (tertiary/aromatic N) is 2. The highest BCUT2D eigenvalue weighted by Gasteiger charge is 2.35. The van der Waals surface area contributed by atoms with Crippen molar-refractivity contribution in [2.24, 2.45) is 12.5 Å². The van der Waals surface area contributed by atoms with E-state index >= 15 is 0 Å². The van der Waals surface area contributed by atoms with E-state index in [0.29, 0.717) is 11.5 Å². The van der Waals surface area contributed by atoms with Crippen molar-refractivity contribution < 1.29 is 0 Å². The molecule has 2 rings (SSSR count). The van der Waals surface area contributed by atoms with Gasteiger partial charge in [-0.3, -0.25) is 4.68 Å². The molecule has 0 amide bonds. The Balaban J connectivity index is 2.19. The SMILES string of the molecule is CCCc1nn(C)c(NC2CCCC2(C)C)c1N. The zero-order valence-electron chi connectivity index (χ0n) is 12.1. The van der Waals surface area contributed by atoms with Gasteiger partial charge in [-0.25, -0.2) is 0 Å². The number of nitrogens with one attached hydrogen (secondary N) is 1. The lowest BCUT2D eigenvalue weighted by Crippen LogP contribution is -2.31. The maximum atomic E-state index is 6.21. The van der Waals surface area contributed by atoms with Gasteiger partial charge in [0, 0.05) is 13.1 Å². The predicted octanol–water partition coefficient (Wildman–Crippen LogP) is 2.95. The molecule has 1 saturated carbocycles. The summed E-state index contributed by atoms with van der Waals surface area (Å²) in [7, 11) is 1.97. The van der Waals surface area contributed by atoms with Crippen LogP contribution in [0.5, 0.6) is 0 Å². The highest BCUT2D eigenvalue weighted by atomic mass is 15.3. The van der Waals surface area contributed by atoms with Crippen LogP contribution in [0.3, 0.4) is 0 Å². The molecule has 1 aliphatic rings. The standard InChI is InChI=1S/C14H26N4/c1-5-7-10-12(15)13(18(4)17-10)16-11-8-6-9-14(11,2)3/h11,16H,5-9,15H2,1-4H3. The first-order chi connectivity index (χ1) is 8.45. The van der Waals surface area contributed by atoms with Crippen molar-refractivity contribution in [2.45, 2.75) is 58.9 Å². The number of nitrogens with two attached hydrogens (primary N) is 1. The van der Waals surface area contributed by atoms with Gasteiger partial charge in [0.25, 0.3) is 0 Å². The van der Waals surface area contributed by atoms with E-state index < -0.39 is 0 Å². The minimum absolute atomic E-state index is 0.349. The van der Waals surface area contributed by atoms with Gasteiger partial charge in [0.2, 0.25) is 0 Å². The largest absolute Gasteiger partial charge is 0.394 e. The van der Waals surface area contributed by atoms with Gasteiger partial charge in [0.05, 0.1) is 11.4 Å². The van der Waals surface area contributed by atoms with Gasteiger partial charge in [0.1, 0.15) is 5.82 Å². The molecule has 1 unspecified atom stereocenters. The van der Waals surface area contributed by atoms with Gasteiger partial charge >= 0.3 is 0 Å². The van der Waals surface area contributed by atoms with Crippen molar-refractivity contribution in [3.63, 3.8) is 0 Å². The minimum atomic E-state index is 0.349. The Labute approximate surface area is 110 Å². The zero-order chi connectivity index (χ0) is 13.3. The summed E-state index contributed by atoms with van der Waals surface area (Å²) in [4.78, 5) is 0. The van der Waals surface area contributed by atoms with Crippen LogP contribution in [0.25, 0.3) is 0 Å². The van der Waals surface area contributed by atoms with E-state index in [0.717, 1.165) is 30.0 Å². The average molecular weight is 250 g/mol. The van der Waals surface area contributed by atoms with E-state index in [4.69, 9.17) is 5.73 Å². The van der Waals surface area contributed by atoms with Crippen LogP contribution >= 0.6 is 0 Å². The molecule has 1 atom stereocenters. The quantitative estimate of drug-likeness (QED) is 0.864. The fraction of sp³-hybridized carbons (Fsp3) is 0.786. The van der Waals surface area contributed by atoms with E-state index in [2.05, 4.69) is 31.2 Å². The van der Waals surface area contributed by atoms with Crippen LogP contribution in [0.2, 0.25) is 0 Å². The first-order valence-electron chi connectivity index (χ1n) is 7.03. The Hall–Kier alpha value is -1.19. The Morgan fingerprint density at radius 1 is 1.50 bits per heavy atom. The van der Waals surface area contributed by atoms with Crippen LogP contribution < -0.4 is 11.1 Å². The summed E-state index contributed by atoms with van der Waals surface area (Å²) in [5.74, 6) is 0.999. The number of hydrogen-bond acceptors (Lipinski definition) is 3. The molecule has 0 saturated heterocycles. The van der Waals surface area contributed by atoms with Crippen LogP contribution in [0.15, 0.2) is 0 Å². The Kier molecular flexibility index (Phi) is 3.55. The summed E-state index contributed by atoms with van der Waals surface area (Å²) in [5.41, 5.74) is 8.42. The second-order valence-electron chi connectivity index (χ2n) is 6.16. The van der Waals surface area contributed by atoms with Gasteiger partial charge in [-0.2, -0.15) is 5.10 Å². The Morgan fingerprint density at radius 3 is 2.78 bits per heavy atom. The summed E-state index contributed by atoms with van der Waals surface area (Å²) in [6, 6.07) is 0.504. The summed E-state index contributed by atoms with van der Waals surface area (Å²) >= 11 is 0. The molecule has 1 aromatic rings. The number of nitrogen functional groups attached to an aromatic ring is 1. The number of hydrogen-bond donors (Lipinski definition) is 2. The lowest BCUT2D eigenvalue weighted by atomic mass is 9.87. The van der Waals surface area contributed by atoms with Crippen LogP contribution in [-0.2, 0) is 13.5 Å². The maximum Gasteiger partial charge on any atom is 0.148 e. The van der Waals surface area contributed by atoms with Crippen molar-refractivity contribution in [3.8, 4) is 0 Å². The lowest BCUT2D eigenvalue weighted by Gasteiger charge is -2.28. The lowest BCUT2D eigenvalue weighted by molar-refractivity contribution is 0.348. The molecule has 1 aliphatic carbocycles. The second-order valence-corrected chi connectivity index (χ2v) is 6.16. The molecule has 4 heteroatoms. The van der Waals surface area contributed by atoms with E-state index in [1.807, 2.05) is 11.7 Å². The van der Waals surface area contributed by atoms with Gasteiger partial charge in [-0.15, -0.1) is 0 Å². The summed E-state index contributed by atoms with van der Waals surface area (Å²) in [6.45, 7) is 6.82. The smallest absolute Gasteiger partial charge is 0.148 e. The van der Waals surface area contributed by atoms with Crippen LogP contribution in [0.1, 0.15) is 52.1 Å². The van der Waals surface area contributed by atoms with Crippen molar-refractivity contribution in [1.29, 1.82) is 0 Å². The number of anilines is 2. The fourth-order valence-electron chi connectivity index (χ4n) is 2.95. The predicted molar refractivity (Wildman–Crippen MR) is 76.7 cm³/mol. The zero-order valence-corrected chi connectivity index (χ0v) is 12.1. The summed E-state index contributed by atoms with van der Waals surface area (Å²) in [6.07, 6.45) is 5.83. The molecule has 1 fully saturated rings. The van der Waals surface area contributed by atoms with E-state index in [1.54, 1.807) is 0 Å². The molecular weight excluding hydrogens is 224 g/mol. The molecule has 0 radical (unpaired) electrons.